The van der Waals surface area contributed by atoms with E-state index in [1.165, 1.54) is 12.1 Å². The van der Waals surface area contributed by atoms with Gasteiger partial charge in [-0.25, -0.2) is 0 Å². The van der Waals surface area contributed by atoms with Gasteiger partial charge < -0.3 is 0 Å². The monoisotopic (exact) mass is 191 g/mol. The summed E-state index contributed by atoms with van der Waals surface area (Å²) in [5, 5.41) is 1.59. The third-order valence-electron chi connectivity index (χ3n) is 3.16. The second kappa shape index (κ2) is 4.61. The zero-order valence-corrected chi connectivity index (χ0v) is 9.88. The first-order chi connectivity index (χ1) is 6.29. The van der Waals surface area contributed by atoms with Crippen molar-refractivity contribution in [3.63, 3.8) is 0 Å². The summed E-state index contributed by atoms with van der Waals surface area (Å²) in [6, 6.07) is 16.1. The molecule has 0 nitrogen and oxygen atoms in total. The van der Waals surface area contributed by atoms with Crippen molar-refractivity contribution in [3.05, 3.63) is 36.4 Å². The van der Waals surface area contributed by atoms with E-state index in [2.05, 4.69) is 57.1 Å². The Hall–Kier alpha value is -0.563. The van der Waals surface area contributed by atoms with Crippen LogP contribution in [0.2, 0.25) is 12.1 Å². The van der Waals surface area contributed by atoms with Crippen molar-refractivity contribution in [1.82, 2.24) is 0 Å². The van der Waals surface area contributed by atoms with E-state index in [4.69, 9.17) is 0 Å². The fraction of sp³-hybridized carbons (Fsp3) is 0.417. The molecule has 1 rings (SSSR count). The average molecular weight is 191 g/mol. The maximum atomic E-state index is 2.47. The van der Waals surface area contributed by atoms with E-state index in [9.17, 15) is 0 Å². The molecule has 0 saturated heterocycles. The molecule has 13 heavy (non-hydrogen) atoms. The number of hydrogen-bond donors (Lipinski definition) is 0. The van der Waals surface area contributed by atoms with Gasteiger partial charge >= 0.3 is 0 Å². The van der Waals surface area contributed by atoms with Crippen LogP contribution in [0.4, 0.5) is 0 Å². The summed E-state index contributed by atoms with van der Waals surface area (Å²) in [4.78, 5) is 0. The SMILES string of the molecule is C[CH][Si](CC)(CC)c1ccccc1. The zero-order chi connectivity index (χ0) is 9.73. The topological polar surface area (TPSA) is 0 Å². The van der Waals surface area contributed by atoms with Crippen molar-refractivity contribution in [2.24, 2.45) is 0 Å². The lowest BCUT2D eigenvalue weighted by Gasteiger charge is -2.28. The lowest BCUT2D eigenvalue weighted by Crippen LogP contribution is -2.46. The fourth-order valence-corrected chi connectivity index (χ4v) is 5.33. The first-order valence-electron chi connectivity index (χ1n) is 5.15. The normalized spacial score (nSPS) is 11.6. The molecule has 0 unspecified atom stereocenters. The molecular weight excluding hydrogens is 172 g/mol. The van der Waals surface area contributed by atoms with Gasteiger partial charge in [0, 0.05) is 0 Å². The van der Waals surface area contributed by atoms with Crippen LogP contribution in [0.5, 0.6) is 0 Å². The third-order valence-corrected chi connectivity index (χ3v) is 8.28. The fourth-order valence-electron chi connectivity index (χ4n) is 2.00. The molecular formula is C12H19Si. The van der Waals surface area contributed by atoms with Gasteiger partial charge in [0.05, 0.1) is 8.07 Å². The van der Waals surface area contributed by atoms with Crippen LogP contribution in [0.1, 0.15) is 20.8 Å². The minimum absolute atomic E-state index is 1.22. The van der Waals surface area contributed by atoms with Crippen LogP contribution in [-0.2, 0) is 0 Å². The molecule has 0 aliphatic heterocycles. The molecule has 0 aliphatic carbocycles. The highest BCUT2D eigenvalue weighted by Gasteiger charge is 2.28. The van der Waals surface area contributed by atoms with Crippen molar-refractivity contribution < 1.29 is 0 Å². The molecule has 1 radical (unpaired) electrons. The molecule has 0 spiro atoms. The molecule has 1 aromatic carbocycles. The largest absolute Gasteiger partial charge is 0.0889 e. The van der Waals surface area contributed by atoms with Gasteiger partial charge in [0.2, 0.25) is 0 Å². The molecule has 0 aromatic heterocycles. The Morgan fingerprint density at radius 3 is 2.00 bits per heavy atom. The van der Waals surface area contributed by atoms with E-state index in [0.717, 1.165) is 0 Å². The van der Waals surface area contributed by atoms with E-state index in [1.54, 1.807) is 5.19 Å². The van der Waals surface area contributed by atoms with Crippen molar-refractivity contribution in [1.29, 1.82) is 0 Å². The molecule has 1 heteroatoms. The number of hydrogen-bond acceptors (Lipinski definition) is 0. The summed E-state index contributed by atoms with van der Waals surface area (Å²) >= 11 is 0. The molecule has 0 atom stereocenters. The Bertz CT molecular complexity index is 228. The molecule has 0 bridgehead atoms. The lowest BCUT2D eigenvalue weighted by molar-refractivity contribution is 1.26. The standard InChI is InChI=1S/C12H19Si/c1-4-13(5-2,6-3)12-10-8-7-9-11-12/h4,7-11H,5-6H2,1-3H3. The molecule has 0 saturated carbocycles. The van der Waals surface area contributed by atoms with E-state index in [1.807, 2.05) is 0 Å². The van der Waals surface area contributed by atoms with Crippen LogP contribution in [-0.4, -0.2) is 8.07 Å². The van der Waals surface area contributed by atoms with Crippen molar-refractivity contribution in [2.45, 2.75) is 32.9 Å². The quantitative estimate of drug-likeness (QED) is 0.641. The van der Waals surface area contributed by atoms with E-state index >= 15 is 0 Å². The minimum atomic E-state index is -1.22. The molecule has 1 aromatic rings. The first kappa shape index (κ1) is 10.5. The molecule has 0 heterocycles. The van der Waals surface area contributed by atoms with Crippen LogP contribution >= 0.6 is 0 Å². The van der Waals surface area contributed by atoms with E-state index in [0.29, 0.717) is 0 Å². The highest BCUT2D eigenvalue weighted by atomic mass is 28.3. The van der Waals surface area contributed by atoms with E-state index in [-0.39, 0.29) is 0 Å². The van der Waals surface area contributed by atoms with Crippen LogP contribution in [0.3, 0.4) is 0 Å². The molecule has 0 N–H and O–H groups in total. The maximum absolute atomic E-state index is 2.47. The molecule has 0 amide bonds. The Morgan fingerprint density at radius 1 is 1.08 bits per heavy atom. The van der Waals surface area contributed by atoms with Gasteiger partial charge in [-0.1, -0.05) is 68.4 Å². The maximum Gasteiger partial charge on any atom is 0.0889 e. The van der Waals surface area contributed by atoms with Gasteiger partial charge in [-0.05, 0) is 6.04 Å². The Balaban J connectivity index is 3.01. The van der Waals surface area contributed by atoms with Gasteiger partial charge in [0.25, 0.3) is 0 Å². The van der Waals surface area contributed by atoms with Crippen LogP contribution in [0.25, 0.3) is 0 Å². The second-order valence-electron chi connectivity index (χ2n) is 3.52. The summed E-state index contributed by atoms with van der Waals surface area (Å²) in [7, 11) is -1.22. The predicted octanol–water partition coefficient (Wildman–Crippen LogP) is 3.15. The van der Waals surface area contributed by atoms with Crippen molar-refractivity contribution in [3.8, 4) is 0 Å². The Kier molecular flexibility index (Phi) is 3.73. The van der Waals surface area contributed by atoms with Gasteiger partial charge in [0.1, 0.15) is 0 Å². The predicted molar refractivity (Wildman–Crippen MR) is 62.8 cm³/mol. The molecule has 0 aliphatic rings. The second-order valence-corrected chi connectivity index (χ2v) is 8.40. The summed E-state index contributed by atoms with van der Waals surface area (Å²) in [5.74, 6) is 0. The minimum Gasteiger partial charge on any atom is -0.0675 e. The Morgan fingerprint density at radius 2 is 1.62 bits per heavy atom. The van der Waals surface area contributed by atoms with E-state index < -0.39 is 8.07 Å². The molecule has 71 valence electrons. The summed E-state index contributed by atoms with van der Waals surface area (Å²) in [6.45, 7) is 6.87. The van der Waals surface area contributed by atoms with Crippen molar-refractivity contribution in [2.75, 3.05) is 0 Å². The first-order valence-corrected chi connectivity index (χ1v) is 7.64. The highest BCUT2D eigenvalue weighted by molar-refractivity contribution is 6.94. The van der Waals surface area contributed by atoms with Crippen LogP contribution in [0, 0.1) is 6.04 Å². The van der Waals surface area contributed by atoms with Gasteiger partial charge in [0.15, 0.2) is 0 Å². The van der Waals surface area contributed by atoms with Crippen molar-refractivity contribution >= 4 is 13.3 Å². The zero-order valence-electron chi connectivity index (χ0n) is 8.88. The lowest BCUT2D eigenvalue weighted by atomic mass is 10.4. The van der Waals surface area contributed by atoms with Gasteiger partial charge in [-0.15, -0.1) is 0 Å². The number of benzene rings is 1. The highest BCUT2D eigenvalue weighted by Crippen LogP contribution is 2.17. The van der Waals surface area contributed by atoms with Crippen LogP contribution < -0.4 is 5.19 Å². The third kappa shape index (κ3) is 2.02. The van der Waals surface area contributed by atoms with Gasteiger partial charge in [-0.3, -0.25) is 0 Å². The smallest absolute Gasteiger partial charge is 0.0675 e. The van der Waals surface area contributed by atoms with Crippen LogP contribution in [0.15, 0.2) is 30.3 Å². The van der Waals surface area contributed by atoms with Gasteiger partial charge in [-0.2, -0.15) is 0 Å². The Labute approximate surface area is 83.0 Å². The number of rotatable bonds is 4. The summed E-state index contributed by atoms with van der Waals surface area (Å²) in [6.07, 6.45) is 0. The summed E-state index contributed by atoms with van der Waals surface area (Å²) in [5.41, 5.74) is 0. The average Bonchev–Trinajstić information content (AvgIpc) is 2.23. The molecule has 0 fully saturated rings. The summed E-state index contributed by atoms with van der Waals surface area (Å²) < 4.78 is 0.